The molecule has 0 heterocycles. The second-order valence-corrected chi connectivity index (χ2v) is 5.40. The van der Waals surface area contributed by atoms with Gasteiger partial charge in [0.2, 0.25) is 0 Å². The molecule has 0 aromatic heterocycles. The van der Waals surface area contributed by atoms with Crippen molar-refractivity contribution in [2.75, 3.05) is 46.7 Å². The zero-order chi connectivity index (χ0) is 14.3. The molecule has 0 aliphatic heterocycles. The quantitative estimate of drug-likeness (QED) is 0.494. The van der Waals surface area contributed by atoms with Crippen molar-refractivity contribution in [1.29, 1.82) is 0 Å². The van der Waals surface area contributed by atoms with Crippen molar-refractivity contribution < 1.29 is 14.2 Å². The molecule has 0 aliphatic carbocycles. The van der Waals surface area contributed by atoms with Crippen LogP contribution < -0.4 is 5.32 Å². The van der Waals surface area contributed by atoms with Crippen LogP contribution in [0.3, 0.4) is 0 Å². The van der Waals surface area contributed by atoms with E-state index in [-0.39, 0.29) is 0 Å². The van der Waals surface area contributed by atoms with Gasteiger partial charge in [-0.05, 0) is 32.1 Å². The third-order valence-corrected chi connectivity index (χ3v) is 2.93. The third kappa shape index (κ3) is 15.8. The highest BCUT2D eigenvalue weighted by Crippen LogP contribution is 2.05. The molecule has 0 fully saturated rings. The molecule has 1 atom stereocenters. The topological polar surface area (TPSA) is 39.7 Å². The molecular weight excluding hydrogens is 242 g/mol. The molecule has 19 heavy (non-hydrogen) atoms. The lowest BCUT2D eigenvalue weighted by atomic mass is 10.0. The Labute approximate surface area is 119 Å². The number of rotatable bonds is 14. The van der Waals surface area contributed by atoms with Crippen molar-refractivity contribution in [3.05, 3.63) is 0 Å². The predicted octanol–water partition coefficient (Wildman–Crippen LogP) is 2.47. The molecule has 0 rings (SSSR count). The average molecular weight is 275 g/mol. The van der Waals surface area contributed by atoms with E-state index in [4.69, 9.17) is 14.2 Å². The largest absolute Gasteiger partial charge is 0.382 e. The van der Waals surface area contributed by atoms with Crippen molar-refractivity contribution >= 4 is 0 Å². The van der Waals surface area contributed by atoms with Crippen LogP contribution in [-0.4, -0.2) is 52.7 Å². The molecule has 0 aromatic carbocycles. The van der Waals surface area contributed by atoms with Gasteiger partial charge in [0.05, 0.1) is 19.8 Å². The monoisotopic (exact) mass is 275 g/mol. The van der Waals surface area contributed by atoms with E-state index in [1.807, 2.05) is 0 Å². The minimum Gasteiger partial charge on any atom is -0.382 e. The molecular formula is C15H33NO3. The summed E-state index contributed by atoms with van der Waals surface area (Å²) in [6, 6.07) is 0.586. The highest BCUT2D eigenvalue weighted by atomic mass is 16.5. The SMILES string of the molecule is COCCOCCCOCCNC(C)CCC(C)C. The zero-order valence-electron chi connectivity index (χ0n) is 13.2. The van der Waals surface area contributed by atoms with Gasteiger partial charge in [-0.25, -0.2) is 0 Å². The van der Waals surface area contributed by atoms with Crippen molar-refractivity contribution in [2.45, 2.75) is 46.1 Å². The van der Waals surface area contributed by atoms with Gasteiger partial charge in [-0.15, -0.1) is 0 Å². The summed E-state index contributed by atoms with van der Waals surface area (Å²) in [5.74, 6) is 0.790. The van der Waals surface area contributed by atoms with Gasteiger partial charge in [0.25, 0.3) is 0 Å². The summed E-state index contributed by atoms with van der Waals surface area (Å²) < 4.78 is 15.8. The van der Waals surface area contributed by atoms with Crippen LogP contribution in [-0.2, 0) is 14.2 Å². The first-order valence-electron chi connectivity index (χ1n) is 7.54. The summed E-state index contributed by atoms with van der Waals surface area (Å²) in [5, 5.41) is 3.48. The van der Waals surface area contributed by atoms with E-state index in [9.17, 15) is 0 Å². The smallest absolute Gasteiger partial charge is 0.0700 e. The first-order chi connectivity index (χ1) is 9.16. The number of nitrogens with one attached hydrogen (secondary N) is 1. The van der Waals surface area contributed by atoms with Crippen LogP contribution in [0.25, 0.3) is 0 Å². The fraction of sp³-hybridized carbons (Fsp3) is 1.00. The van der Waals surface area contributed by atoms with Crippen LogP contribution in [0.5, 0.6) is 0 Å². The van der Waals surface area contributed by atoms with E-state index in [0.717, 1.165) is 38.7 Å². The van der Waals surface area contributed by atoms with Gasteiger partial charge in [-0.1, -0.05) is 13.8 Å². The van der Waals surface area contributed by atoms with Crippen molar-refractivity contribution in [3.8, 4) is 0 Å². The Bertz CT molecular complexity index is 177. The summed E-state index contributed by atoms with van der Waals surface area (Å²) in [5.41, 5.74) is 0. The van der Waals surface area contributed by atoms with E-state index >= 15 is 0 Å². The van der Waals surface area contributed by atoms with Crippen LogP contribution in [0.2, 0.25) is 0 Å². The van der Waals surface area contributed by atoms with E-state index in [2.05, 4.69) is 26.1 Å². The molecule has 0 saturated heterocycles. The number of methoxy groups -OCH3 is 1. The molecule has 0 aromatic rings. The van der Waals surface area contributed by atoms with E-state index in [1.54, 1.807) is 7.11 Å². The van der Waals surface area contributed by atoms with Crippen LogP contribution >= 0.6 is 0 Å². The van der Waals surface area contributed by atoms with E-state index < -0.39 is 0 Å². The fourth-order valence-corrected chi connectivity index (χ4v) is 1.67. The summed E-state index contributed by atoms with van der Waals surface area (Å²) in [7, 11) is 1.68. The molecule has 4 heteroatoms. The predicted molar refractivity (Wildman–Crippen MR) is 79.7 cm³/mol. The third-order valence-electron chi connectivity index (χ3n) is 2.93. The number of ether oxygens (including phenoxy) is 3. The molecule has 0 bridgehead atoms. The second kappa shape index (κ2) is 14.3. The van der Waals surface area contributed by atoms with Crippen molar-refractivity contribution in [3.63, 3.8) is 0 Å². The Hall–Kier alpha value is -0.160. The molecule has 0 spiro atoms. The Morgan fingerprint density at radius 1 is 0.842 bits per heavy atom. The van der Waals surface area contributed by atoms with Crippen LogP contribution in [0, 0.1) is 5.92 Å². The molecule has 0 radical (unpaired) electrons. The highest BCUT2D eigenvalue weighted by Gasteiger charge is 2.02. The van der Waals surface area contributed by atoms with E-state index in [0.29, 0.717) is 19.3 Å². The van der Waals surface area contributed by atoms with Gasteiger partial charge in [-0.2, -0.15) is 0 Å². The van der Waals surface area contributed by atoms with E-state index in [1.165, 1.54) is 12.8 Å². The molecule has 1 N–H and O–H groups in total. The van der Waals surface area contributed by atoms with Crippen LogP contribution in [0.1, 0.15) is 40.0 Å². The first kappa shape index (κ1) is 18.8. The maximum absolute atomic E-state index is 5.54. The minimum atomic E-state index is 0.586. The summed E-state index contributed by atoms with van der Waals surface area (Å²) >= 11 is 0. The lowest BCUT2D eigenvalue weighted by Crippen LogP contribution is -2.29. The first-order valence-corrected chi connectivity index (χ1v) is 7.54. The maximum Gasteiger partial charge on any atom is 0.0700 e. The van der Waals surface area contributed by atoms with Gasteiger partial charge >= 0.3 is 0 Å². The van der Waals surface area contributed by atoms with Gasteiger partial charge < -0.3 is 19.5 Å². The Morgan fingerprint density at radius 3 is 2.16 bits per heavy atom. The van der Waals surface area contributed by atoms with Gasteiger partial charge in [-0.3, -0.25) is 0 Å². The average Bonchev–Trinajstić information content (AvgIpc) is 2.38. The second-order valence-electron chi connectivity index (χ2n) is 5.40. The molecule has 1 unspecified atom stereocenters. The number of hydrogen-bond acceptors (Lipinski definition) is 4. The Balaban J connectivity index is 3.09. The van der Waals surface area contributed by atoms with Crippen molar-refractivity contribution in [2.24, 2.45) is 5.92 Å². The molecule has 116 valence electrons. The van der Waals surface area contributed by atoms with Gasteiger partial charge in [0.15, 0.2) is 0 Å². The van der Waals surface area contributed by atoms with Crippen molar-refractivity contribution in [1.82, 2.24) is 5.32 Å². The van der Waals surface area contributed by atoms with Gasteiger partial charge in [0.1, 0.15) is 0 Å². The maximum atomic E-state index is 5.54. The molecule has 0 amide bonds. The van der Waals surface area contributed by atoms with Gasteiger partial charge in [0, 0.05) is 32.9 Å². The molecule has 4 nitrogen and oxygen atoms in total. The van der Waals surface area contributed by atoms with Crippen LogP contribution in [0.15, 0.2) is 0 Å². The fourth-order valence-electron chi connectivity index (χ4n) is 1.67. The number of hydrogen-bond donors (Lipinski definition) is 1. The minimum absolute atomic E-state index is 0.586. The molecule has 0 saturated carbocycles. The summed E-state index contributed by atoms with van der Waals surface area (Å²) in [6.07, 6.45) is 3.48. The summed E-state index contributed by atoms with van der Waals surface area (Å²) in [6.45, 7) is 11.4. The normalized spacial score (nSPS) is 13.1. The Kier molecular flexibility index (Phi) is 14.1. The lowest BCUT2D eigenvalue weighted by molar-refractivity contribution is 0.0516. The zero-order valence-corrected chi connectivity index (χ0v) is 13.2. The summed E-state index contributed by atoms with van der Waals surface area (Å²) in [4.78, 5) is 0. The lowest BCUT2D eigenvalue weighted by Gasteiger charge is -2.15. The molecule has 0 aliphatic rings. The standard InChI is InChI=1S/C15H33NO3/c1-14(2)6-7-15(3)16-8-11-18-9-5-10-19-13-12-17-4/h14-16H,5-13H2,1-4H3. The van der Waals surface area contributed by atoms with Crippen LogP contribution in [0.4, 0.5) is 0 Å². The highest BCUT2D eigenvalue weighted by molar-refractivity contribution is 4.61. The Morgan fingerprint density at radius 2 is 1.53 bits per heavy atom.